The summed E-state index contributed by atoms with van der Waals surface area (Å²) in [6.45, 7) is 2.61. The molecule has 1 aromatic heterocycles. The van der Waals surface area contributed by atoms with E-state index in [1.165, 1.54) is 18.5 Å². The van der Waals surface area contributed by atoms with Crippen molar-refractivity contribution in [3.63, 3.8) is 0 Å². The average molecular weight is 362 g/mol. The van der Waals surface area contributed by atoms with Crippen molar-refractivity contribution in [2.75, 3.05) is 23.9 Å². The van der Waals surface area contributed by atoms with Crippen LogP contribution in [0.3, 0.4) is 0 Å². The Kier molecular flexibility index (Phi) is 6.36. The SMILES string of the molecule is CCCCN(C)c1ncnc(NNC(=O)c2ccc(F)cc2)c1[N+](=O)[O-]. The van der Waals surface area contributed by atoms with Crippen molar-refractivity contribution in [1.82, 2.24) is 15.4 Å². The summed E-state index contributed by atoms with van der Waals surface area (Å²) >= 11 is 0. The molecule has 0 aliphatic heterocycles. The Morgan fingerprint density at radius 2 is 2.00 bits per heavy atom. The third kappa shape index (κ3) is 4.62. The summed E-state index contributed by atoms with van der Waals surface area (Å²) in [5.74, 6) is -1.05. The number of halogens is 1. The van der Waals surface area contributed by atoms with Gasteiger partial charge < -0.3 is 4.90 Å². The Morgan fingerprint density at radius 3 is 2.62 bits per heavy atom. The molecule has 138 valence electrons. The van der Waals surface area contributed by atoms with Gasteiger partial charge in [0.25, 0.3) is 5.91 Å². The molecule has 9 nitrogen and oxygen atoms in total. The van der Waals surface area contributed by atoms with Crippen LogP contribution in [0.4, 0.5) is 21.7 Å². The highest BCUT2D eigenvalue weighted by atomic mass is 19.1. The molecule has 0 saturated heterocycles. The van der Waals surface area contributed by atoms with Gasteiger partial charge in [0.1, 0.15) is 12.1 Å². The number of hydrazine groups is 1. The third-order valence-corrected chi connectivity index (χ3v) is 3.60. The molecule has 0 unspecified atom stereocenters. The quantitative estimate of drug-likeness (QED) is 0.548. The zero-order valence-electron chi connectivity index (χ0n) is 14.4. The first-order chi connectivity index (χ1) is 12.4. The molecule has 10 heteroatoms. The minimum atomic E-state index is -0.607. The van der Waals surface area contributed by atoms with E-state index < -0.39 is 16.6 Å². The van der Waals surface area contributed by atoms with E-state index in [4.69, 9.17) is 0 Å². The standard InChI is InChI=1S/C16H19FN6O3/c1-3-4-9-22(2)15-13(23(25)26)14(18-10-19-15)20-21-16(24)11-5-7-12(17)8-6-11/h5-8,10H,3-4,9H2,1-2H3,(H,21,24)(H,18,19,20). The van der Waals surface area contributed by atoms with Crippen LogP contribution in [0.5, 0.6) is 0 Å². The van der Waals surface area contributed by atoms with Gasteiger partial charge in [0.05, 0.1) is 4.92 Å². The van der Waals surface area contributed by atoms with Crippen molar-refractivity contribution in [1.29, 1.82) is 0 Å². The molecule has 0 aliphatic rings. The highest BCUT2D eigenvalue weighted by molar-refractivity contribution is 5.95. The Morgan fingerprint density at radius 1 is 1.31 bits per heavy atom. The molecule has 1 heterocycles. The van der Waals surface area contributed by atoms with Crippen LogP contribution in [0, 0.1) is 15.9 Å². The molecule has 0 spiro atoms. The van der Waals surface area contributed by atoms with E-state index in [0.717, 1.165) is 25.0 Å². The maximum Gasteiger partial charge on any atom is 0.355 e. The number of rotatable bonds is 8. The molecule has 0 saturated carbocycles. The maximum atomic E-state index is 12.9. The summed E-state index contributed by atoms with van der Waals surface area (Å²) < 4.78 is 12.9. The highest BCUT2D eigenvalue weighted by Crippen LogP contribution is 2.30. The number of anilines is 2. The van der Waals surface area contributed by atoms with E-state index in [0.29, 0.717) is 6.54 Å². The van der Waals surface area contributed by atoms with Crippen molar-refractivity contribution in [3.05, 3.63) is 52.1 Å². The molecule has 0 radical (unpaired) electrons. The summed E-state index contributed by atoms with van der Waals surface area (Å²) in [6, 6.07) is 4.88. The fraction of sp³-hybridized carbons (Fsp3) is 0.312. The van der Waals surface area contributed by atoms with Gasteiger partial charge in [-0.15, -0.1) is 0 Å². The lowest BCUT2D eigenvalue weighted by Crippen LogP contribution is -2.31. The number of nitrogens with zero attached hydrogens (tertiary/aromatic N) is 4. The molecule has 1 aromatic carbocycles. The Bertz CT molecular complexity index is 784. The minimum Gasteiger partial charge on any atom is -0.354 e. The van der Waals surface area contributed by atoms with E-state index in [-0.39, 0.29) is 22.9 Å². The molecule has 1 amide bonds. The van der Waals surface area contributed by atoms with E-state index in [9.17, 15) is 19.3 Å². The second-order valence-corrected chi connectivity index (χ2v) is 5.51. The maximum absolute atomic E-state index is 12.9. The first-order valence-corrected chi connectivity index (χ1v) is 7.96. The monoisotopic (exact) mass is 362 g/mol. The molecule has 2 aromatic rings. The van der Waals surface area contributed by atoms with Crippen LogP contribution in [0.2, 0.25) is 0 Å². The zero-order chi connectivity index (χ0) is 19.1. The molecule has 0 aliphatic carbocycles. The first kappa shape index (κ1) is 19.0. The van der Waals surface area contributed by atoms with Crippen LogP contribution in [0.25, 0.3) is 0 Å². The summed E-state index contributed by atoms with van der Waals surface area (Å²) in [5.41, 5.74) is 4.61. The van der Waals surface area contributed by atoms with Gasteiger partial charge in [-0.2, -0.15) is 0 Å². The number of nitro groups is 1. The first-order valence-electron chi connectivity index (χ1n) is 7.96. The van der Waals surface area contributed by atoms with Crippen LogP contribution < -0.4 is 15.8 Å². The van der Waals surface area contributed by atoms with Gasteiger partial charge in [0.15, 0.2) is 0 Å². The van der Waals surface area contributed by atoms with E-state index >= 15 is 0 Å². The fourth-order valence-electron chi connectivity index (χ4n) is 2.20. The summed E-state index contributed by atoms with van der Waals surface area (Å²) in [7, 11) is 1.70. The lowest BCUT2D eigenvalue weighted by Gasteiger charge is -2.18. The number of nitrogens with one attached hydrogen (secondary N) is 2. The second kappa shape index (κ2) is 8.70. The van der Waals surface area contributed by atoms with E-state index in [1.807, 2.05) is 6.92 Å². The summed E-state index contributed by atoms with van der Waals surface area (Å²) in [6.07, 6.45) is 2.96. The molecule has 26 heavy (non-hydrogen) atoms. The highest BCUT2D eigenvalue weighted by Gasteiger charge is 2.25. The topological polar surface area (TPSA) is 113 Å². The van der Waals surface area contributed by atoms with Gasteiger partial charge in [-0.1, -0.05) is 13.3 Å². The van der Waals surface area contributed by atoms with Gasteiger partial charge in [0, 0.05) is 19.2 Å². The third-order valence-electron chi connectivity index (χ3n) is 3.60. The Labute approximate surface area is 149 Å². The summed E-state index contributed by atoms with van der Waals surface area (Å²) in [4.78, 5) is 32.4. The molecule has 0 atom stereocenters. The van der Waals surface area contributed by atoms with Crippen molar-refractivity contribution < 1.29 is 14.1 Å². The van der Waals surface area contributed by atoms with E-state index in [1.54, 1.807) is 11.9 Å². The number of hydrogen-bond acceptors (Lipinski definition) is 7. The van der Waals surface area contributed by atoms with Crippen LogP contribution >= 0.6 is 0 Å². The van der Waals surface area contributed by atoms with Gasteiger partial charge >= 0.3 is 5.69 Å². The van der Waals surface area contributed by atoms with Gasteiger partial charge in [-0.3, -0.25) is 25.8 Å². The van der Waals surface area contributed by atoms with Gasteiger partial charge in [-0.05, 0) is 30.7 Å². The molecular weight excluding hydrogens is 343 g/mol. The lowest BCUT2D eigenvalue weighted by molar-refractivity contribution is -0.383. The molecule has 0 bridgehead atoms. The normalized spacial score (nSPS) is 10.3. The number of benzene rings is 1. The average Bonchev–Trinajstić information content (AvgIpc) is 2.64. The van der Waals surface area contributed by atoms with Crippen LogP contribution in [0.15, 0.2) is 30.6 Å². The number of aromatic nitrogens is 2. The Balaban J connectivity index is 2.19. The van der Waals surface area contributed by atoms with Gasteiger partial charge in [-0.25, -0.2) is 14.4 Å². The van der Waals surface area contributed by atoms with Crippen molar-refractivity contribution in [3.8, 4) is 0 Å². The number of carbonyl (C=O) groups is 1. The molecule has 2 N–H and O–H groups in total. The zero-order valence-corrected chi connectivity index (χ0v) is 14.4. The minimum absolute atomic E-state index is 0.140. The van der Waals surface area contributed by atoms with Crippen LogP contribution in [0.1, 0.15) is 30.1 Å². The van der Waals surface area contributed by atoms with Gasteiger partial charge in [0.2, 0.25) is 11.6 Å². The summed E-state index contributed by atoms with van der Waals surface area (Å²) in [5, 5.41) is 11.5. The number of unbranched alkanes of at least 4 members (excludes halogenated alkanes) is 1. The molecular formula is C16H19FN6O3. The Hall–Kier alpha value is -3.30. The van der Waals surface area contributed by atoms with Crippen LogP contribution in [-0.2, 0) is 0 Å². The fourth-order valence-corrected chi connectivity index (χ4v) is 2.20. The van der Waals surface area contributed by atoms with Crippen molar-refractivity contribution >= 4 is 23.2 Å². The number of amides is 1. The smallest absolute Gasteiger partial charge is 0.354 e. The van der Waals surface area contributed by atoms with Crippen molar-refractivity contribution in [2.24, 2.45) is 0 Å². The lowest BCUT2D eigenvalue weighted by atomic mass is 10.2. The molecule has 2 rings (SSSR count). The largest absolute Gasteiger partial charge is 0.355 e. The van der Waals surface area contributed by atoms with Crippen molar-refractivity contribution in [2.45, 2.75) is 19.8 Å². The predicted octanol–water partition coefficient (Wildman–Crippen LogP) is 2.52. The number of carbonyl (C=O) groups excluding carboxylic acids is 1. The van der Waals surface area contributed by atoms with Crippen LogP contribution in [-0.4, -0.2) is 34.4 Å². The number of hydrogen-bond donors (Lipinski definition) is 2. The second-order valence-electron chi connectivity index (χ2n) is 5.51. The van der Waals surface area contributed by atoms with E-state index in [2.05, 4.69) is 20.8 Å². The molecule has 0 fully saturated rings. The predicted molar refractivity (Wildman–Crippen MR) is 94.4 cm³/mol.